The van der Waals surface area contributed by atoms with Crippen LogP contribution in [0.4, 0.5) is 15.8 Å². The first-order valence-electron chi connectivity index (χ1n) is 10.7. The Kier molecular flexibility index (Phi) is 6.57. The molecule has 1 amide bonds. The van der Waals surface area contributed by atoms with Crippen LogP contribution in [0.3, 0.4) is 0 Å². The first kappa shape index (κ1) is 22.8. The standard InChI is InChI=1S/C23H26FN3O3S2/c1-3-26(4-2)18-9-11-19(12-10-18)27-20-14-32(29,30)15-21(20)31-23(27)25-22(28)13-16-5-7-17(24)8-6-16/h5-12,20-21H,3-4,13-15H2,1-2H3/t20-,21-/m0/s1. The molecule has 2 heterocycles. The van der Waals surface area contributed by atoms with E-state index in [-0.39, 0.29) is 40.9 Å². The van der Waals surface area contributed by atoms with E-state index in [0.29, 0.717) is 10.7 Å². The number of rotatable bonds is 6. The van der Waals surface area contributed by atoms with Crippen molar-refractivity contribution >= 4 is 44.0 Å². The van der Waals surface area contributed by atoms with Gasteiger partial charge in [-0.05, 0) is 55.8 Å². The number of benzene rings is 2. The van der Waals surface area contributed by atoms with Crippen molar-refractivity contribution < 1.29 is 17.6 Å². The number of hydrogen-bond donors (Lipinski definition) is 0. The maximum Gasteiger partial charge on any atom is 0.252 e. The number of sulfone groups is 1. The highest BCUT2D eigenvalue weighted by Gasteiger charge is 2.49. The lowest BCUT2D eigenvalue weighted by atomic mass is 10.1. The molecule has 4 rings (SSSR count). The molecule has 2 aromatic rings. The second-order valence-electron chi connectivity index (χ2n) is 7.95. The average Bonchev–Trinajstić information content (AvgIpc) is 3.22. The van der Waals surface area contributed by atoms with Crippen LogP contribution in [-0.4, -0.2) is 55.4 Å². The monoisotopic (exact) mass is 475 g/mol. The molecule has 0 radical (unpaired) electrons. The molecule has 2 aromatic carbocycles. The number of amidine groups is 1. The second-order valence-corrected chi connectivity index (χ2v) is 11.3. The predicted octanol–water partition coefficient (Wildman–Crippen LogP) is 3.52. The van der Waals surface area contributed by atoms with E-state index < -0.39 is 9.84 Å². The zero-order valence-corrected chi connectivity index (χ0v) is 19.7. The van der Waals surface area contributed by atoms with E-state index in [2.05, 4.69) is 23.7 Å². The third-order valence-electron chi connectivity index (χ3n) is 5.81. The van der Waals surface area contributed by atoms with E-state index in [1.165, 1.54) is 23.9 Å². The van der Waals surface area contributed by atoms with Gasteiger partial charge in [0.05, 0.1) is 24.0 Å². The number of fused-ring (bicyclic) bond motifs is 1. The Bertz CT molecular complexity index is 1110. The molecule has 2 aliphatic heterocycles. The molecule has 2 atom stereocenters. The molecule has 0 bridgehead atoms. The van der Waals surface area contributed by atoms with Gasteiger partial charge in [-0.15, -0.1) is 0 Å². The van der Waals surface area contributed by atoms with E-state index in [4.69, 9.17) is 0 Å². The van der Waals surface area contributed by atoms with Crippen LogP contribution in [0, 0.1) is 5.82 Å². The van der Waals surface area contributed by atoms with Gasteiger partial charge in [-0.1, -0.05) is 23.9 Å². The SMILES string of the molecule is CCN(CC)c1ccc(N2C(=NC(=O)Cc3ccc(F)cc3)S[C@H]3CS(=O)(=O)C[C@@H]32)cc1. The number of amides is 1. The maximum atomic E-state index is 13.1. The highest BCUT2D eigenvalue weighted by atomic mass is 32.2. The Morgan fingerprint density at radius 1 is 1.09 bits per heavy atom. The molecule has 2 saturated heterocycles. The smallest absolute Gasteiger partial charge is 0.252 e. The third kappa shape index (κ3) is 4.83. The molecule has 0 aliphatic carbocycles. The van der Waals surface area contributed by atoms with Crippen LogP contribution in [0.2, 0.25) is 0 Å². The summed E-state index contributed by atoms with van der Waals surface area (Å²) in [7, 11) is -3.13. The summed E-state index contributed by atoms with van der Waals surface area (Å²) in [4.78, 5) is 21.1. The van der Waals surface area contributed by atoms with Crippen molar-refractivity contribution in [3.63, 3.8) is 0 Å². The van der Waals surface area contributed by atoms with Gasteiger partial charge in [0, 0.05) is 29.7 Å². The van der Waals surface area contributed by atoms with Crippen LogP contribution in [0.5, 0.6) is 0 Å². The minimum absolute atomic E-state index is 0.0492. The number of aliphatic imine (C=N–C) groups is 1. The van der Waals surface area contributed by atoms with E-state index in [1.54, 1.807) is 12.1 Å². The van der Waals surface area contributed by atoms with Crippen molar-refractivity contribution in [2.45, 2.75) is 31.6 Å². The summed E-state index contributed by atoms with van der Waals surface area (Å²) in [5, 5.41) is 0.373. The lowest BCUT2D eigenvalue weighted by molar-refractivity contribution is -0.117. The number of thioether (sulfide) groups is 1. The predicted molar refractivity (Wildman–Crippen MR) is 129 cm³/mol. The Balaban J connectivity index is 1.62. The largest absolute Gasteiger partial charge is 0.372 e. The minimum Gasteiger partial charge on any atom is -0.372 e. The summed E-state index contributed by atoms with van der Waals surface area (Å²) in [6.07, 6.45) is 0.0622. The van der Waals surface area contributed by atoms with Gasteiger partial charge in [0.25, 0.3) is 5.91 Å². The second kappa shape index (κ2) is 9.23. The van der Waals surface area contributed by atoms with E-state index >= 15 is 0 Å². The quantitative estimate of drug-likeness (QED) is 0.637. The minimum atomic E-state index is -3.13. The fourth-order valence-electron chi connectivity index (χ4n) is 4.20. The van der Waals surface area contributed by atoms with Gasteiger partial charge >= 0.3 is 0 Å². The Labute approximate surface area is 192 Å². The molecule has 9 heteroatoms. The van der Waals surface area contributed by atoms with Crippen molar-refractivity contribution in [1.82, 2.24) is 0 Å². The van der Waals surface area contributed by atoms with Gasteiger partial charge in [0.2, 0.25) is 0 Å². The number of carbonyl (C=O) groups excluding carboxylic acids is 1. The molecular formula is C23H26FN3O3S2. The van der Waals surface area contributed by atoms with Crippen molar-refractivity contribution in [2.24, 2.45) is 4.99 Å². The highest BCUT2D eigenvalue weighted by Crippen LogP contribution is 2.41. The molecule has 2 aliphatic rings. The lowest BCUT2D eigenvalue weighted by Gasteiger charge is -2.26. The fourth-order valence-corrected chi connectivity index (χ4v) is 8.13. The maximum absolute atomic E-state index is 13.1. The van der Waals surface area contributed by atoms with Gasteiger partial charge in [-0.2, -0.15) is 4.99 Å². The molecule has 2 fully saturated rings. The summed E-state index contributed by atoms with van der Waals surface area (Å²) in [6, 6.07) is 13.5. The van der Waals surface area contributed by atoms with Gasteiger partial charge < -0.3 is 9.80 Å². The number of nitrogens with zero attached hydrogens (tertiary/aromatic N) is 3. The van der Waals surface area contributed by atoms with Crippen LogP contribution in [-0.2, 0) is 21.1 Å². The Morgan fingerprint density at radius 3 is 2.38 bits per heavy atom. The van der Waals surface area contributed by atoms with Crippen molar-refractivity contribution in [3.05, 3.63) is 59.9 Å². The van der Waals surface area contributed by atoms with Gasteiger partial charge in [-0.25, -0.2) is 12.8 Å². The molecule has 0 saturated carbocycles. The zero-order chi connectivity index (χ0) is 22.9. The summed E-state index contributed by atoms with van der Waals surface area (Å²) in [5.41, 5.74) is 2.60. The Hall–Kier alpha value is -2.39. The molecule has 0 spiro atoms. The van der Waals surface area contributed by atoms with Crippen molar-refractivity contribution in [3.8, 4) is 0 Å². The van der Waals surface area contributed by atoms with E-state index in [9.17, 15) is 17.6 Å². The number of hydrogen-bond acceptors (Lipinski definition) is 5. The van der Waals surface area contributed by atoms with Gasteiger partial charge in [0.1, 0.15) is 5.82 Å². The number of halogens is 1. The summed E-state index contributed by atoms with van der Waals surface area (Å²) in [5.74, 6) is -0.561. The number of carbonyl (C=O) groups is 1. The van der Waals surface area contributed by atoms with Gasteiger partial charge in [0.15, 0.2) is 15.0 Å². The molecule has 0 unspecified atom stereocenters. The van der Waals surface area contributed by atoms with Crippen LogP contribution < -0.4 is 9.80 Å². The molecule has 0 aromatic heterocycles. The van der Waals surface area contributed by atoms with E-state index in [1.807, 2.05) is 29.2 Å². The summed E-state index contributed by atoms with van der Waals surface area (Å²) >= 11 is 1.35. The lowest BCUT2D eigenvalue weighted by Crippen LogP contribution is -2.37. The molecule has 32 heavy (non-hydrogen) atoms. The van der Waals surface area contributed by atoms with Crippen LogP contribution >= 0.6 is 11.8 Å². The summed E-state index contributed by atoms with van der Waals surface area (Å²) in [6.45, 7) is 5.98. The molecule has 170 valence electrons. The molecule has 0 N–H and O–H groups in total. The summed E-state index contributed by atoms with van der Waals surface area (Å²) < 4.78 is 37.6. The average molecular weight is 476 g/mol. The van der Waals surface area contributed by atoms with Gasteiger partial charge in [-0.3, -0.25) is 4.79 Å². The number of anilines is 2. The molecule has 6 nitrogen and oxygen atoms in total. The van der Waals surface area contributed by atoms with E-state index in [0.717, 1.165) is 24.5 Å². The van der Waals surface area contributed by atoms with Crippen LogP contribution in [0.25, 0.3) is 0 Å². The fraction of sp³-hybridized carbons (Fsp3) is 0.391. The topological polar surface area (TPSA) is 70.0 Å². The van der Waals surface area contributed by atoms with Crippen LogP contribution in [0.15, 0.2) is 53.5 Å². The first-order valence-corrected chi connectivity index (χ1v) is 13.4. The third-order valence-corrected chi connectivity index (χ3v) is 9.02. The molecular weight excluding hydrogens is 449 g/mol. The van der Waals surface area contributed by atoms with Crippen molar-refractivity contribution in [1.29, 1.82) is 0 Å². The van der Waals surface area contributed by atoms with Crippen LogP contribution in [0.1, 0.15) is 19.4 Å². The normalized spacial score (nSPS) is 22.8. The van der Waals surface area contributed by atoms with Crippen molar-refractivity contribution in [2.75, 3.05) is 34.4 Å². The zero-order valence-electron chi connectivity index (χ0n) is 18.1. The Morgan fingerprint density at radius 2 is 1.75 bits per heavy atom. The first-order chi connectivity index (χ1) is 15.3. The highest BCUT2D eigenvalue weighted by molar-refractivity contribution is 8.16.